The number of phenolic OH excluding ortho intramolecular Hbond substituents is 1. The summed E-state index contributed by atoms with van der Waals surface area (Å²) < 4.78 is 33.8. The molecular weight excluding hydrogens is 297 g/mol. The lowest BCUT2D eigenvalue weighted by Crippen LogP contribution is -2.25. The predicted molar refractivity (Wildman–Crippen MR) is 68.5 cm³/mol. The van der Waals surface area contributed by atoms with Crippen molar-refractivity contribution in [3.05, 3.63) is 23.2 Å². The van der Waals surface area contributed by atoms with E-state index in [4.69, 9.17) is 11.6 Å². The fourth-order valence-electron chi connectivity index (χ4n) is 2.16. The summed E-state index contributed by atoms with van der Waals surface area (Å²) in [6.07, 6.45) is -0.0895. The number of anilines is 1. The van der Waals surface area contributed by atoms with Gasteiger partial charge >= 0.3 is 10.2 Å². The number of amides is 1. The molecule has 1 unspecified atom stereocenters. The van der Waals surface area contributed by atoms with E-state index in [0.717, 1.165) is 0 Å². The van der Waals surface area contributed by atoms with E-state index in [9.17, 15) is 22.2 Å². The normalized spacial score (nSPS) is 20.0. The number of para-hydroxylation sites is 1. The summed E-state index contributed by atoms with van der Waals surface area (Å²) >= 11 is 5.91. The van der Waals surface area contributed by atoms with Crippen molar-refractivity contribution < 1.29 is 22.2 Å². The SMILES string of the molecule is O=C1CC(CS(=O)(=O)F)CN1c1c(O)cccc1Cl. The average Bonchev–Trinajstić information content (AvgIpc) is 2.56. The highest BCUT2D eigenvalue weighted by Crippen LogP contribution is 2.38. The van der Waals surface area contributed by atoms with Gasteiger partial charge in [0.25, 0.3) is 0 Å². The topological polar surface area (TPSA) is 74.7 Å². The van der Waals surface area contributed by atoms with E-state index in [1.54, 1.807) is 0 Å². The molecule has 104 valence electrons. The Morgan fingerprint density at radius 2 is 2.16 bits per heavy atom. The smallest absolute Gasteiger partial charge is 0.302 e. The van der Waals surface area contributed by atoms with Crippen LogP contribution in [0.2, 0.25) is 5.02 Å². The monoisotopic (exact) mass is 307 g/mol. The Bertz CT molecular complexity index is 599. The molecule has 1 fully saturated rings. The van der Waals surface area contributed by atoms with Gasteiger partial charge in [-0.1, -0.05) is 17.7 Å². The number of rotatable bonds is 3. The summed E-state index contributed by atoms with van der Waals surface area (Å²) in [5, 5.41) is 9.90. The lowest BCUT2D eigenvalue weighted by Gasteiger charge is -2.19. The molecule has 5 nitrogen and oxygen atoms in total. The molecule has 0 bridgehead atoms. The van der Waals surface area contributed by atoms with Crippen LogP contribution < -0.4 is 4.90 Å². The molecule has 0 aliphatic carbocycles. The molecule has 8 heteroatoms. The van der Waals surface area contributed by atoms with Crippen molar-refractivity contribution in [2.75, 3.05) is 17.2 Å². The molecule has 1 saturated heterocycles. The number of nitrogens with zero attached hydrogens (tertiary/aromatic N) is 1. The summed E-state index contributed by atoms with van der Waals surface area (Å²) in [6.45, 7) is 0.0132. The number of carbonyl (C=O) groups excluding carboxylic acids is 1. The highest BCUT2D eigenvalue weighted by Gasteiger charge is 2.35. The Morgan fingerprint density at radius 1 is 1.47 bits per heavy atom. The number of carbonyl (C=O) groups is 1. The van der Waals surface area contributed by atoms with E-state index in [-0.39, 0.29) is 29.4 Å². The van der Waals surface area contributed by atoms with Crippen LogP contribution in [-0.4, -0.2) is 31.7 Å². The van der Waals surface area contributed by atoms with Gasteiger partial charge in [0.1, 0.15) is 11.4 Å². The lowest BCUT2D eigenvalue weighted by molar-refractivity contribution is -0.117. The minimum absolute atomic E-state index is 0.0132. The quantitative estimate of drug-likeness (QED) is 0.862. The Kier molecular flexibility index (Phi) is 3.69. The predicted octanol–water partition coefficient (Wildman–Crippen LogP) is 1.70. The Hall–Kier alpha value is -1.34. The van der Waals surface area contributed by atoms with Crippen molar-refractivity contribution in [2.45, 2.75) is 6.42 Å². The molecular formula is C11H11ClFNO4S. The van der Waals surface area contributed by atoms with E-state index in [2.05, 4.69) is 0 Å². The van der Waals surface area contributed by atoms with E-state index in [1.807, 2.05) is 0 Å². The zero-order valence-electron chi connectivity index (χ0n) is 9.71. The number of benzene rings is 1. The third-order valence-corrected chi connectivity index (χ3v) is 4.05. The molecule has 1 aliphatic rings. The van der Waals surface area contributed by atoms with E-state index in [0.29, 0.717) is 0 Å². The zero-order chi connectivity index (χ0) is 14.2. The first-order valence-corrected chi connectivity index (χ1v) is 7.41. The van der Waals surface area contributed by atoms with Crippen LogP contribution in [0.3, 0.4) is 0 Å². The summed E-state index contributed by atoms with van der Waals surface area (Å²) in [6, 6.07) is 4.39. The van der Waals surface area contributed by atoms with Gasteiger partial charge in [-0.15, -0.1) is 3.89 Å². The van der Waals surface area contributed by atoms with E-state index >= 15 is 0 Å². The molecule has 0 spiro atoms. The first-order valence-electron chi connectivity index (χ1n) is 5.48. The van der Waals surface area contributed by atoms with Gasteiger partial charge in [-0.05, 0) is 12.1 Å². The Balaban J connectivity index is 2.26. The second-order valence-corrected chi connectivity index (χ2v) is 6.21. The summed E-state index contributed by atoms with van der Waals surface area (Å²) in [5.74, 6) is -1.92. The minimum atomic E-state index is -4.63. The van der Waals surface area contributed by atoms with Crippen molar-refractivity contribution in [3.8, 4) is 5.75 Å². The third kappa shape index (κ3) is 3.16. The first-order chi connectivity index (χ1) is 8.78. The van der Waals surface area contributed by atoms with Gasteiger partial charge in [0.15, 0.2) is 0 Å². The van der Waals surface area contributed by atoms with Gasteiger partial charge in [0.2, 0.25) is 5.91 Å². The van der Waals surface area contributed by atoms with E-state index in [1.165, 1.54) is 23.1 Å². The van der Waals surface area contributed by atoms with Gasteiger partial charge in [-0.25, -0.2) is 0 Å². The van der Waals surface area contributed by atoms with Crippen LogP contribution in [0.25, 0.3) is 0 Å². The van der Waals surface area contributed by atoms with Crippen molar-refractivity contribution in [1.29, 1.82) is 0 Å². The maximum Gasteiger partial charge on any atom is 0.302 e. The highest BCUT2D eigenvalue weighted by molar-refractivity contribution is 7.86. The number of aromatic hydroxyl groups is 1. The van der Waals surface area contributed by atoms with Gasteiger partial charge < -0.3 is 10.0 Å². The molecule has 19 heavy (non-hydrogen) atoms. The lowest BCUT2D eigenvalue weighted by atomic mass is 10.1. The molecule has 1 aromatic rings. The third-order valence-electron chi connectivity index (χ3n) is 2.88. The average molecular weight is 308 g/mol. The molecule has 1 atom stereocenters. The number of hydrogen-bond acceptors (Lipinski definition) is 4. The van der Waals surface area contributed by atoms with E-state index < -0.39 is 27.8 Å². The van der Waals surface area contributed by atoms with Gasteiger partial charge in [-0.2, -0.15) is 8.42 Å². The van der Waals surface area contributed by atoms with Crippen LogP contribution in [0.5, 0.6) is 5.75 Å². The molecule has 1 amide bonds. The Labute approximate surface area is 114 Å². The highest BCUT2D eigenvalue weighted by atomic mass is 35.5. The summed E-state index contributed by atoms with van der Waals surface area (Å²) in [4.78, 5) is 13.0. The van der Waals surface area contributed by atoms with Gasteiger partial charge in [-0.3, -0.25) is 4.79 Å². The van der Waals surface area contributed by atoms with Crippen LogP contribution in [0.15, 0.2) is 18.2 Å². The molecule has 0 aromatic heterocycles. The fraction of sp³-hybridized carbons (Fsp3) is 0.364. The molecule has 1 N–H and O–H groups in total. The van der Waals surface area contributed by atoms with Gasteiger partial charge in [0, 0.05) is 18.9 Å². The fourth-order valence-corrected chi connectivity index (χ4v) is 3.22. The number of hydrogen-bond donors (Lipinski definition) is 1. The standard InChI is InChI=1S/C11H11ClFNO4S/c12-8-2-1-3-9(15)11(8)14-5-7(4-10(14)16)6-19(13,17)18/h1-3,7,15H,4-6H2. The van der Waals surface area contributed by atoms with Crippen molar-refractivity contribution >= 4 is 33.4 Å². The van der Waals surface area contributed by atoms with Crippen LogP contribution in [0.4, 0.5) is 9.57 Å². The summed E-state index contributed by atoms with van der Waals surface area (Å²) in [7, 11) is -4.63. The largest absolute Gasteiger partial charge is 0.506 e. The molecule has 1 heterocycles. The minimum Gasteiger partial charge on any atom is -0.506 e. The zero-order valence-corrected chi connectivity index (χ0v) is 11.3. The molecule has 1 aliphatic heterocycles. The Morgan fingerprint density at radius 3 is 2.74 bits per heavy atom. The van der Waals surface area contributed by atoms with Gasteiger partial charge in [0.05, 0.1) is 10.8 Å². The van der Waals surface area contributed by atoms with Crippen LogP contribution in [0, 0.1) is 5.92 Å². The van der Waals surface area contributed by atoms with Crippen molar-refractivity contribution in [1.82, 2.24) is 0 Å². The maximum atomic E-state index is 12.6. The molecule has 0 saturated carbocycles. The summed E-state index contributed by atoms with van der Waals surface area (Å²) in [5.41, 5.74) is 0.132. The second-order valence-electron chi connectivity index (χ2n) is 4.39. The second kappa shape index (κ2) is 4.97. The number of halogens is 2. The molecule has 1 aromatic carbocycles. The molecule has 2 rings (SSSR count). The molecule has 0 radical (unpaired) electrons. The van der Waals surface area contributed by atoms with Crippen molar-refractivity contribution in [3.63, 3.8) is 0 Å². The van der Waals surface area contributed by atoms with Crippen LogP contribution in [-0.2, 0) is 15.0 Å². The van der Waals surface area contributed by atoms with Crippen molar-refractivity contribution in [2.24, 2.45) is 5.92 Å². The van der Waals surface area contributed by atoms with Crippen LogP contribution >= 0.6 is 11.6 Å². The maximum absolute atomic E-state index is 12.6. The van der Waals surface area contributed by atoms with Crippen LogP contribution in [0.1, 0.15) is 6.42 Å². The number of phenols is 1. The first kappa shape index (κ1) is 14.1.